The lowest BCUT2D eigenvalue weighted by molar-refractivity contribution is 0.420. The zero-order chi connectivity index (χ0) is 32.4. The van der Waals surface area contributed by atoms with Crippen LogP contribution in [-0.4, -0.2) is 0 Å². The molecule has 6 aromatic rings. The predicted molar refractivity (Wildman–Crippen MR) is 202 cm³/mol. The van der Waals surface area contributed by atoms with Crippen LogP contribution in [0.2, 0.25) is 0 Å². The van der Waals surface area contributed by atoms with E-state index in [1.54, 1.807) is 11.1 Å². The average Bonchev–Trinajstić information content (AvgIpc) is 4.00. The van der Waals surface area contributed by atoms with Crippen molar-refractivity contribution in [2.24, 2.45) is 23.7 Å². The summed E-state index contributed by atoms with van der Waals surface area (Å²) in [7, 11) is 0. The van der Waals surface area contributed by atoms with Crippen LogP contribution in [0.15, 0.2) is 108 Å². The fourth-order valence-electron chi connectivity index (χ4n) is 11.7. The van der Waals surface area contributed by atoms with Gasteiger partial charge < -0.3 is 9.32 Å². The van der Waals surface area contributed by atoms with Crippen molar-refractivity contribution in [2.75, 3.05) is 4.90 Å². The van der Waals surface area contributed by atoms with Gasteiger partial charge in [-0.05, 0) is 156 Å². The first-order valence-electron chi connectivity index (χ1n) is 19.1. The van der Waals surface area contributed by atoms with Crippen LogP contribution in [0.3, 0.4) is 0 Å². The molecule has 244 valence electrons. The van der Waals surface area contributed by atoms with Gasteiger partial charge in [0.15, 0.2) is 0 Å². The van der Waals surface area contributed by atoms with Gasteiger partial charge in [-0.3, -0.25) is 0 Å². The fourth-order valence-corrected chi connectivity index (χ4v) is 11.7. The predicted octanol–water partition coefficient (Wildman–Crippen LogP) is 13.2. The second-order valence-electron chi connectivity index (χ2n) is 16.9. The summed E-state index contributed by atoms with van der Waals surface area (Å²) in [4.78, 5) is 2.51. The van der Waals surface area contributed by atoms with Crippen molar-refractivity contribution in [3.8, 4) is 11.1 Å². The number of fused-ring (bicyclic) bond motifs is 11. The maximum atomic E-state index is 6.36. The van der Waals surface area contributed by atoms with Gasteiger partial charge in [0.05, 0.1) is 0 Å². The first-order valence-corrected chi connectivity index (χ1v) is 19.1. The smallest absolute Gasteiger partial charge is 0.136 e. The van der Waals surface area contributed by atoms with E-state index in [1.807, 2.05) is 0 Å². The zero-order valence-electron chi connectivity index (χ0n) is 28.8. The lowest BCUT2D eigenvalue weighted by Gasteiger charge is -2.29. The van der Waals surface area contributed by atoms with E-state index in [0.717, 1.165) is 46.7 Å². The van der Waals surface area contributed by atoms with Crippen LogP contribution in [0.5, 0.6) is 0 Å². The van der Waals surface area contributed by atoms with Crippen LogP contribution in [-0.2, 0) is 5.41 Å². The van der Waals surface area contributed by atoms with Crippen LogP contribution >= 0.6 is 0 Å². The number of furan rings is 1. The Kier molecular flexibility index (Phi) is 6.03. The Bertz CT molecular complexity index is 2180. The summed E-state index contributed by atoms with van der Waals surface area (Å²) in [6.07, 6.45) is 11.4. The molecule has 1 heterocycles. The first-order chi connectivity index (χ1) is 24.0. The molecule has 5 aliphatic rings. The summed E-state index contributed by atoms with van der Waals surface area (Å²) in [6, 6.07) is 39.6. The molecule has 4 saturated carbocycles. The topological polar surface area (TPSA) is 16.4 Å². The molecule has 2 nitrogen and oxygen atoms in total. The molecule has 0 amide bonds. The first kappa shape index (κ1) is 28.5. The maximum absolute atomic E-state index is 6.36. The van der Waals surface area contributed by atoms with Crippen molar-refractivity contribution in [2.45, 2.75) is 82.5 Å². The van der Waals surface area contributed by atoms with E-state index in [0.29, 0.717) is 0 Å². The van der Waals surface area contributed by atoms with Crippen molar-refractivity contribution in [1.29, 1.82) is 0 Å². The zero-order valence-corrected chi connectivity index (χ0v) is 28.8. The van der Waals surface area contributed by atoms with Gasteiger partial charge in [0.1, 0.15) is 11.2 Å². The summed E-state index contributed by atoms with van der Waals surface area (Å²) in [5.74, 6) is 5.20. The Hall–Kier alpha value is -4.30. The Morgan fingerprint density at radius 2 is 1.18 bits per heavy atom. The highest BCUT2D eigenvalue weighted by atomic mass is 16.3. The molecule has 0 saturated heterocycles. The quantitative estimate of drug-likeness (QED) is 0.187. The molecule has 11 rings (SSSR count). The van der Waals surface area contributed by atoms with E-state index in [9.17, 15) is 0 Å². The average molecular weight is 640 g/mol. The minimum Gasteiger partial charge on any atom is -0.456 e. The molecule has 0 aliphatic heterocycles. The molecule has 2 heteroatoms. The van der Waals surface area contributed by atoms with E-state index in [1.165, 1.54) is 101 Å². The summed E-state index contributed by atoms with van der Waals surface area (Å²) >= 11 is 0. The van der Waals surface area contributed by atoms with Crippen LogP contribution in [0.4, 0.5) is 17.1 Å². The molecule has 4 fully saturated rings. The molecule has 4 bridgehead atoms. The normalized spacial score (nSPS) is 27.3. The highest BCUT2D eigenvalue weighted by Crippen LogP contribution is 2.56. The summed E-state index contributed by atoms with van der Waals surface area (Å²) in [5.41, 5.74) is 14.1. The van der Waals surface area contributed by atoms with Gasteiger partial charge in [0, 0.05) is 33.2 Å². The fraction of sp³-hybridized carbons (Fsp3) is 0.362. The third kappa shape index (κ3) is 4.19. The molecular formula is C47H45NO. The standard InChI is InChI=1S/C47H45NO/c1-47(2)41-21-22-44-46(38-5-3-4-6-43(38)49-44)45(41)37-20-19-36(27-42(37)47)48(34-15-11-30(12-16-34)39-25-28-7-9-32(39)23-28)35-17-13-31(14-18-35)40-26-29-8-10-33(40)24-29/h3-6,11-22,27-29,32-33,39-40H,7-10,23-26H2,1-2H3. The molecular weight excluding hydrogens is 595 g/mol. The highest BCUT2D eigenvalue weighted by molar-refractivity contribution is 6.15. The number of nitrogens with zero attached hydrogens (tertiary/aromatic N) is 1. The van der Waals surface area contributed by atoms with Crippen molar-refractivity contribution < 1.29 is 4.42 Å². The van der Waals surface area contributed by atoms with Gasteiger partial charge in [-0.25, -0.2) is 0 Å². The third-order valence-corrected chi connectivity index (χ3v) is 14.1. The summed E-state index contributed by atoms with van der Waals surface area (Å²) in [6.45, 7) is 4.79. The van der Waals surface area contributed by atoms with Crippen molar-refractivity contribution in [3.63, 3.8) is 0 Å². The number of hydrogen-bond acceptors (Lipinski definition) is 2. The molecule has 0 radical (unpaired) electrons. The highest BCUT2D eigenvalue weighted by Gasteiger charge is 2.42. The van der Waals surface area contributed by atoms with Gasteiger partial charge in [0.25, 0.3) is 0 Å². The van der Waals surface area contributed by atoms with Crippen LogP contribution in [0, 0.1) is 23.7 Å². The van der Waals surface area contributed by atoms with Gasteiger partial charge in [0.2, 0.25) is 0 Å². The molecule has 0 spiro atoms. The summed E-state index contributed by atoms with van der Waals surface area (Å²) in [5, 5.41) is 2.45. The second kappa shape index (κ2) is 10.4. The monoisotopic (exact) mass is 639 g/mol. The van der Waals surface area contributed by atoms with E-state index in [4.69, 9.17) is 4.42 Å². The third-order valence-electron chi connectivity index (χ3n) is 14.1. The lowest BCUT2D eigenvalue weighted by atomic mass is 9.82. The maximum Gasteiger partial charge on any atom is 0.136 e. The Balaban J connectivity index is 1.03. The number of rotatable bonds is 5. The molecule has 5 aromatic carbocycles. The minimum absolute atomic E-state index is 0.129. The molecule has 6 atom stereocenters. The van der Waals surface area contributed by atoms with Gasteiger partial charge in [-0.2, -0.15) is 0 Å². The summed E-state index contributed by atoms with van der Waals surface area (Å²) < 4.78 is 6.36. The molecule has 6 unspecified atom stereocenters. The van der Waals surface area contributed by atoms with Crippen molar-refractivity contribution in [1.82, 2.24) is 0 Å². The Labute approximate surface area is 290 Å². The van der Waals surface area contributed by atoms with Crippen molar-refractivity contribution in [3.05, 3.63) is 125 Å². The van der Waals surface area contributed by atoms with E-state index >= 15 is 0 Å². The van der Waals surface area contributed by atoms with Crippen molar-refractivity contribution >= 4 is 39.0 Å². The molecule has 5 aliphatic carbocycles. The van der Waals surface area contributed by atoms with E-state index in [-0.39, 0.29) is 5.41 Å². The van der Waals surface area contributed by atoms with Crippen LogP contribution in [0.1, 0.15) is 99.3 Å². The second-order valence-corrected chi connectivity index (χ2v) is 16.9. The SMILES string of the molecule is CC1(C)c2cc(N(c3ccc(C4CC5CCC4C5)cc3)c3ccc(C4CC5CCC4C5)cc3)ccc2-c2c1ccc1oc3ccccc3c21. The molecule has 0 N–H and O–H groups in total. The number of hydrogen-bond donors (Lipinski definition) is 0. The number of benzene rings is 5. The van der Waals surface area contributed by atoms with E-state index < -0.39 is 0 Å². The minimum atomic E-state index is -0.129. The van der Waals surface area contributed by atoms with Crippen LogP contribution < -0.4 is 4.90 Å². The van der Waals surface area contributed by atoms with E-state index in [2.05, 4.69) is 122 Å². The van der Waals surface area contributed by atoms with Gasteiger partial charge in [-0.1, -0.05) is 81.3 Å². The number of para-hydroxylation sites is 1. The lowest BCUT2D eigenvalue weighted by Crippen LogP contribution is -2.17. The van der Waals surface area contributed by atoms with Gasteiger partial charge >= 0.3 is 0 Å². The Morgan fingerprint density at radius 3 is 1.78 bits per heavy atom. The van der Waals surface area contributed by atoms with Gasteiger partial charge in [-0.15, -0.1) is 0 Å². The molecule has 49 heavy (non-hydrogen) atoms. The van der Waals surface area contributed by atoms with Crippen LogP contribution in [0.25, 0.3) is 33.1 Å². The molecule has 1 aromatic heterocycles. The largest absolute Gasteiger partial charge is 0.456 e. The number of anilines is 3. The Morgan fingerprint density at radius 1 is 0.571 bits per heavy atom.